The predicted octanol–water partition coefficient (Wildman–Crippen LogP) is 6.83. The smallest absolute Gasteiger partial charge is 0.407 e. The van der Waals surface area contributed by atoms with E-state index in [0.29, 0.717) is 19.0 Å². The van der Waals surface area contributed by atoms with Gasteiger partial charge in [-0.15, -0.1) is 16.5 Å². The van der Waals surface area contributed by atoms with E-state index in [1.807, 2.05) is 37.3 Å². The number of hydrogen-bond donors (Lipinski definition) is 2. The van der Waals surface area contributed by atoms with Crippen LogP contribution in [-0.4, -0.2) is 66.8 Å². The number of hydrogen-bond acceptors (Lipinski definition) is 8. The van der Waals surface area contributed by atoms with Crippen molar-refractivity contribution in [2.75, 3.05) is 35.7 Å². The molecule has 0 saturated carbocycles. The van der Waals surface area contributed by atoms with Crippen LogP contribution in [0.15, 0.2) is 64.9 Å². The molecule has 0 aliphatic carbocycles. The van der Waals surface area contributed by atoms with Crippen LogP contribution in [0.5, 0.6) is 0 Å². The first-order valence-corrected chi connectivity index (χ1v) is 16.6. The maximum absolute atomic E-state index is 12.5. The van der Waals surface area contributed by atoms with Crippen molar-refractivity contribution < 1.29 is 19.1 Å². The van der Waals surface area contributed by atoms with Gasteiger partial charge >= 0.3 is 6.09 Å². The van der Waals surface area contributed by atoms with Crippen molar-refractivity contribution in [2.45, 2.75) is 71.9 Å². The quantitative estimate of drug-likeness (QED) is 0.0652. The van der Waals surface area contributed by atoms with E-state index < -0.39 is 29.9 Å². The van der Waals surface area contributed by atoms with Crippen molar-refractivity contribution in [1.82, 2.24) is 10.3 Å². The van der Waals surface area contributed by atoms with E-state index in [1.54, 1.807) is 13.1 Å². The Balaban J connectivity index is 1.41. The van der Waals surface area contributed by atoms with Crippen LogP contribution in [0.2, 0.25) is 0 Å². The molecule has 0 radical (unpaired) electrons. The number of nitrogens with one attached hydrogen (secondary N) is 2. The molecule has 3 atom stereocenters. The van der Waals surface area contributed by atoms with Crippen LogP contribution in [0.3, 0.4) is 0 Å². The summed E-state index contributed by atoms with van der Waals surface area (Å²) in [5.41, 5.74) is 4.90. The van der Waals surface area contributed by atoms with E-state index in [-0.39, 0.29) is 18.9 Å². The van der Waals surface area contributed by atoms with Gasteiger partial charge in [-0.1, -0.05) is 31.2 Å². The van der Waals surface area contributed by atoms with E-state index in [4.69, 9.17) is 16.3 Å². The van der Waals surface area contributed by atoms with E-state index in [9.17, 15) is 19.3 Å². The number of nitrogens with zero attached hydrogens (tertiary/aromatic N) is 4. The fourth-order valence-electron chi connectivity index (χ4n) is 5.17. The minimum atomic E-state index is -0.991. The fraction of sp³-hybridized carbons (Fsp3) is 0.457. The van der Waals surface area contributed by atoms with Gasteiger partial charge in [0.1, 0.15) is 6.10 Å². The number of aryl methyl sites for hydroxylation is 1. The first-order chi connectivity index (χ1) is 22.6. The Morgan fingerprint density at radius 1 is 1.09 bits per heavy atom. The Hall–Kier alpha value is -4.38. The van der Waals surface area contributed by atoms with Gasteiger partial charge in [-0.05, 0) is 81.8 Å². The normalized spacial score (nSPS) is 13.1. The molecule has 0 fully saturated rings. The van der Waals surface area contributed by atoms with Gasteiger partial charge in [0, 0.05) is 65.9 Å². The highest BCUT2D eigenvalue weighted by molar-refractivity contribution is 6.18. The highest BCUT2D eigenvalue weighted by Gasteiger charge is 2.20. The summed E-state index contributed by atoms with van der Waals surface area (Å²) in [4.78, 5) is 58.4. The van der Waals surface area contributed by atoms with Gasteiger partial charge in [0.05, 0.1) is 17.9 Å². The Morgan fingerprint density at radius 3 is 2.55 bits per heavy atom. The standard InChI is InChI=1S/C35H45ClN6O5/c1-5-18-42(19-15-36)29-11-9-27(10-12-29)22-28(34(44)41-46)23-39-33(43)21-26(4)47-35(45)38-16-6-7-25(3)40-31-14-17-37-32-20-24(2)8-13-30(31)32/h8-14,17,20,23,25-26,28H,5-7,15-16,18-19,21-22H2,1-4H3,(H,37,40)(H,38,45). The van der Waals surface area contributed by atoms with Crippen LogP contribution in [0.25, 0.3) is 10.9 Å². The highest BCUT2D eigenvalue weighted by Crippen LogP contribution is 2.24. The van der Waals surface area contributed by atoms with Crippen molar-refractivity contribution >= 4 is 58.0 Å². The molecule has 0 bridgehead atoms. The summed E-state index contributed by atoms with van der Waals surface area (Å²) in [6.45, 7) is 9.79. The number of aliphatic imine (C=N–C) groups is 1. The van der Waals surface area contributed by atoms with Crippen LogP contribution < -0.4 is 15.5 Å². The van der Waals surface area contributed by atoms with E-state index in [2.05, 4.69) is 62.7 Å². The molecule has 3 amide bonds. The minimum Gasteiger partial charge on any atom is -0.446 e. The molecular weight excluding hydrogens is 620 g/mol. The number of benzene rings is 2. The number of nitroso groups, excluding NO2 is 1. The molecule has 0 aliphatic rings. The van der Waals surface area contributed by atoms with Crippen molar-refractivity contribution in [3.05, 3.63) is 70.8 Å². The second-order valence-corrected chi connectivity index (χ2v) is 12.0. The van der Waals surface area contributed by atoms with Crippen molar-refractivity contribution in [1.29, 1.82) is 0 Å². The lowest BCUT2D eigenvalue weighted by molar-refractivity contribution is -0.119. The third-order valence-electron chi connectivity index (χ3n) is 7.56. The predicted molar refractivity (Wildman–Crippen MR) is 189 cm³/mol. The summed E-state index contributed by atoms with van der Waals surface area (Å²) in [7, 11) is 0. The second-order valence-electron chi connectivity index (χ2n) is 11.7. The zero-order valence-corrected chi connectivity index (χ0v) is 28.3. The molecular formula is C35H45ClN6O5. The maximum Gasteiger partial charge on any atom is 0.407 e. The molecule has 12 heteroatoms. The molecule has 0 aliphatic heterocycles. The lowest BCUT2D eigenvalue weighted by Gasteiger charge is -2.23. The van der Waals surface area contributed by atoms with E-state index >= 15 is 0 Å². The van der Waals surface area contributed by atoms with Gasteiger partial charge in [-0.3, -0.25) is 14.6 Å². The number of carbonyl (C=O) groups is 3. The van der Waals surface area contributed by atoms with Crippen LogP contribution in [0.4, 0.5) is 16.2 Å². The first-order valence-electron chi connectivity index (χ1n) is 16.0. The molecule has 0 spiro atoms. The number of halogens is 1. The van der Waals surface area contributed by atoms with Crippen molar-refractivity contribution in [3.8, 4) is 0 Å². The summed E-state index contributed by atoms with van der Waals surface area (Å²) >= 11 is 5.93. The molecule has 0 saturated heterocycles. The highest BCUT2D eigenvalue weighted by atomic mass is 35.5. The number of alkyl halides is 1. The molecule has 2 N–H and O–H groups in total. The summed E-state index contributed by atoms with van der Waals surface area (Å²) in [6.07, 6.45) is 4.05. The first kappa shape index (κ1) is 37.1. The minimum absolute atomic E-state index is 0.159. The van der Waals surface area contributed by atoms with Crippen LogP contribution in [-0.2, 0) is 20.7 Å². The fourth-order valence-corrected chi connectivity index (χ4v) is 5.37. The third-order valence-corrected chi connectivity index (χ3v) is 7.73. The number of ether oxygens (including phenoxy) is 1. The molecule has 2 aromatic carbocycles. The summed E-state index contributed by atoms with van der Waals surface area (Å²) in [6, 6.07) is 15.9. The Kier molecular flexibility index (Phi) is 15.2. The third kappa shape index (κ3) is 12.4. The van der Waals surface area contributed by atoms with Gasteiger partial charge in [-0.25, -0.2) is 9.79 Å². The van der Waals surface area contributed by atoms with Crippen molar-refractivity contribution in [3.63, 3.8) is 0 Å². The Morgan fingerprint density at radius 2 is 1.85 bits per heavy atom. The number of carbonyl (C=O) groups excluding carboxylic acids is 3. The second kappa shape index (κ2) is 19.3. The van der Waals surface area contributed by atoms with Crippen LogP contribution in [0.1, 0.15) is 57.6 Å². The zero-order chi connectivity index (χ0) is 34.2. The number of anilines is 2. The van der Waals surface area contributed by atoms with E-state index in [1.165, 1.54) is 0 Å². The number of aromatic nitrogens is 1. The van der Waals surface area contributed by atoms with Crippen molar-refractivity contribution in [2.24, 2.45) is 16.1 Å². The molecule has 47 heavy (non-hydrogen) atoms. The van der Waals surface area contributed by atoms with Gasteiger partial charge in [0.25, 0.3) is 5.91 Å². The molecule has 11 nitrogen and oxygen atoms in total. The summed E-state index contributed by atoms with van der Waals surface area (Å²) in [5.74, 6) is -1.99. The summed E-state index contributed by atoms with van der Waals surface area (Å²) < 4.78 is 5.30. The topological polar surface area (TPSA) is 142 Å². The monoisotopic (exact) mass is 664 g/mol. The molecule has 1 heterocycles. The molecule has 3 unspecified atom stereocenters. The Bertz CT molecular complexity index is 1510. The SMILES string of the molecule is CCCN(CCCl)c1ccc(CC(C=NC(=O)CC(C)OC(=O)NCCCC(C)Nc2ccnc3cc(C)ccc23)C(=O)N=O)cc1. The zero-order valence-electron chi connectivity index (χ0n) is 27.6. The lowest BCUT2D eigenvalue weighted by Crippen LogP contribution is -2.30. The number of rotatable bonds is 18. The maximum atomic E-state index is 12.5. The number of pyridine rings is 1. The van der Waals surface area contributed by atoms with Gasteiger partial charge in [0.15, 0.2) is 0 Å². The molecule has 252 valence electrons. The number of fused-ring (bicyclic) bond motifs is 1. The number of amides is 3. The lowest BCUT2D eigenvalue weighted by atomic mass is 9.99. The van der Waals surface area contributed by atoms with Gasteiger partial charge < -0.3 is 20.3 Å². The molecule has 1 aromatic heterocycles. The molecule has 3 aromatic rings. The molecule has 3 rings (SSSR count). The Labute approximate surface area is 281 Å². The average molecular weight is 665 g/mol. The average Bonchev–Trinajstić information content (AvgIpc) is 3.04. The van der Waals surface area contributed by atoms with E-state index in [0.717, 1.165) is 65.4 Å². The summed E-state index contributed by atoms with van der Waals surface area (Å²) in [5, 5.41) is 9.84. The van der Waals surface area contributed by atoms with Crippen LogP contribution in [0, 0.1) is 17.7 Å². The largest absolute Gasteiger partial charge is 0.446 e. The van der Waals surface area contributed by atoms with Crippen LogP contribution >= 0.6 is 11.6 Å². The number of alkyl carbamates (subject to hydrolysis) is 1. The van der Waals surface area contributed by atoms with Gasteiger partial charge in [-0.2, -0.15) is 0 Å². The van der Waals surface area contributed by atoms with Gasteiger partial charge in [0.2, 0.25) is 5.91 Å².